The first-order valence-electron chi connectivity index (χ1n) is 4.44. The van der Waals surface area contributed by atoms with Crippen molar-refractivity contribution in [3.8, 4) is 6.07 Å². The molecule has 4 aliphatic rings. The highest BCUT2D eigenvalue weighted by molar-refractivity contribution is 5.36. The first-order chi connectivity index (χ1) is 5.36. The summed E-state index contributed by atoms with van der Waals surface area (Å²) < 4.78 is 0. The summed E-state index contributed by atoms with van der Waals surface area (Å²) in [7, 11) is 0. The zero-order valence-electron chi connectivity index (χ0n) is 6.01. The SMILES string of the molecule is N#C[C@@H]1[C@@H]2C3[C@H]4C([C@H]34)[C@H](O)[C@H]12. The average Bonchev–Trinajstić information content (AvgIpc) is 2.84. The predicted octanol–water partition coefficient (Wildman–Crippen LogP) is 0.239. The van der Waals surface area contributed by atoms with Crippen molar-refractivity contribution in [2.75, 3.05) is 0 Å². The molecule has 0 radical (unpaired) electrons. The molecule has 4 saturated carbocycles. The number of aliphatic hydroxyl groups is 1. The Labute approximate surface area is 64.8 Å². The third kappa shape index (κ3) is 0.337. The minimum atomic E-state index is -0.0929. The summed E-state index contributed by atoms with van der Waals surface area (Å²) in [5.74, 6) is 4.50. The zero-order chi connectivity index (χ0) is 7.33. The fourth-order valence-electron chi connectivity index (χ4n) is 3.83. The van der Waals surface area contributed by atoms with Gasteiger partial charge in [-0.05, 0) is 29.6 Å². The highest BCUT2D eigenvalue weighted by atomic mass is 16.3. The van der Waals surface area contributed by atoms with Gasteiger partial charge in [-0.15, -0.1) is 0 Å². The van der Waals surface area contributed by atoms with E-state index in [2.05, 4.69) is 6.07 Å². The summed E-state index contributed by atoms with van der Waals surface area (Å²) in [4.78, 5) is 0. The third-order valence-corrected chi connectivity index (χ3v) is 4.46. The first-order valence-corrected chi connectivity index (χ1v) is 4.44. The number of nitrogens with zero attached hydrogens (tertiary/aromatic N) is 1. The van der Waals surface area contributed by atoms with Gasteiger partial charge < -0.3 is 5.11 Å². The number of aliphatic hydroxyl groups excluding tert-OH is 1. The summed E-state index contributed by atoms with van der Waals surface area (Å²) >= 11 is 0. The standard InChI is InChI=1S/C9H9NO/c10-1-2-3-4(2)9(11)8-6-5(3)7(6)8/h2-9,11H/t2-,3+,4-,5?,6-,7-,8?,9-/m1/s1. The summed E-state index contributed by atoms with van der Waals surface area (Å²) in [5, 5.41) is 18.4. The lowest BCUT2D eigenvalue weighted by atomic mass is 9.86. The molecule has 2 heteroatoms. The quantitative estimate of drug-likeness (QED) is 0.533. The molecule has 56 valence electrons. The first kappa shape index (κ1) is 5.16. The Morgan fingerprint density at radius 3 is 2.18 bits per heavy atom. The largest absolute Gasteiger partial charge is 0.392 e. The minimum absolute atomic E-state index is 0.0929. The van der Waals surface area contributed by atoms with E-state index >= 15 is 0 Å². The van der Waals surface area contributed by atoms with Gasteiger partial charge in [-0.25, -0.2) is 0 Å². The Morgan fingerprint density at radius 2 is 1.55 bits per heavy atom. The van der Waals surface area contributed by atoms with Crippen LogP contribution in [-0.2, 0) is 0 Å². The van der Waals surface area contributed by atoms with Crippen molar-refractivity contribution in [2.24, 2.45) is 41.4 Å². The zero-order valence-corrected chi connectivity index (χ0v) is 6.01. The maximum atomic E-state index is 9.70. The lowest BCUT2D eigenvalue weighted by Gasteiger charge is -2.23. The van der Waals surface area contributed by atoms with Crippen molar-refractivity contribution in [1.29, 1.82) is 5.26 Å². The number of hydrogen-bond acceptors (Lipinski definition) is 2. The van der Waals surface area contributed by atoms with E-state index in [-0.39, 0.29) is 12.0 Å². The van der Waals surface area contributed by atoms with E-state index in [1.54, 1.807) is 0 Å². The molecular weight excluding hydrogens is 138 g/mol. The summed E-state index contributed by atoms with van der Waals surface area (Å²) in [6.45, 7) is 0. The maximum Gasteiger partial charge on any atom is 0.0663 e. The van der Waals surface area contributed by atoms with Crippen molar-refractivity contribution in [3.05, 3.63) is 0 Å². The third-order valence-electron chi connectivity index (χ3n) is 4.46. The van der Waals surface area contributed by atoms with Gasteiger partial charge in [0.05, 0.1) is 18.1 Å². The van der Waals surface area contributed by atoms with E-state index in [0.717, 1.165) is 17.8 Å². The molecule has 6 atom stereocenters. The van der Waals surface area contributed by atoms with Crippen LogP contribution >= 0.6 is 0 Å². The van der Waals surface area contributed by atoms with Gasteiger partial charge in [0.15, 0.2) is 0 Å². The van der Waals surface area contributed by atoms with Gasteiger partial charge in [0.2, 0.25) is 0 Å². The monoisotopic (exact) mass is 147 g/mol. The van der Waals surface area contributed by atoms with Crippen LogP contribution in [0, 0.1) is 52.8 Å². The minimum Gasteiger partial charge on any atom is -0.392 e. The van der Waals surface area contributed by atoms with E-state index in [1.165, 1.54) is 0 Å². The molecule has 0 saturated heterocycles. The van der Waals surface area contributed by atoms with Crippen molar-refractivity contribution in [1.82, 2.24) is 0 Å². The van der Waals surface area contributed by atoms with Crippen LogP contribution in [0.4, 0.5) is 0 Å². The normalized spacial score (nSPS) is 79.3. The molecule has 1 N–H and O–H groups in total. The van der Waals surface area contributed by atoms with Crippen LogP contribution < -0.4 is 0 Å². The summed E-state index contributed by atoms with van der Waals surface area (Å²) in [5.41, 5.74) is 0. The number of hydrogen-bond donors (Lipinski definition) is 1. The Bertz CT molecular complexity index is 280. The molecule has 11 heavy (non-hydrogen) atoms. The molecule has 2 nitrogen and oxygen atoms in total. The lowest BCUT2D eigenvalue weighted by Crippen LogP contribution is -2.27. The average molecular weight is 147 g/mol. The molecule has 0 amide bonds. The number of nitriles is 1. The highest BCUT2D eigenvalue weighted by Crippen LogP contribution is 2.87. The van der Waals surface area contributed by atoms with Crippen LogP contribution in [0.3, 0.4) is 0 Å². The molecule has 4 aliphatic carbocycles. The Morgan fingerprint density at radius 1 is 0.909 bits per heavy atom. The van der Waals surface area contributed by atoms with Crippen molar-refractivity contribution < 1.29 is 5.11 Å². The van der Waals surface area contributed by atoms with Crippen molar-refractivity contribution in [3.63, 3.8) is 0 Å². The molecular formula is C9H9NO. The Kier molecular flexibility index (Phi) is 0.529. The Hall–Kier alpha value is -0.550. The van der Waals surface area contributed by atoms with Crippen LogP contribution in [-0.4, -0.2) is 11.2 Å². The van der Waals surface area contributed by atoms with Crippen LogP contribution in [0.1, 0.15) is 0 Å². The molecule has 0 bridgehead atoms. The molecule has 0 aromatic rings. The lowest BCUT2D eigenvalue weighted by molar-refractivity contribution is 0.0590. The van der Waals surface area contributed by atoms with Gasteiger partial charge in [0, 0.05) is 5.92 Å². The molecule has 4 rings (SSSR count). The topological polar surface area (TPSA) is 44.0 Å². The molecule has 4 fully saturated rings. The van der Waals surface area contributed by atoms with Gasteiger partial charge in [0.1, 0.15) is 0 Å². The van der Waals surface area contributed by atoms with Crippen LogP contribution in [0.25, 0.3) is 0 Å². The van der Waals surface area contributed by atoms with E-state index in [9.17, 15) is 5.11 Å². The predicted molar refractivity (Wildman–Crippen MR) is 36.0 cm³/mol. The highest BCUT2D eigenvalue weighted by Gasteiger charge is 2.87. The van der Waals surface area contributed by atoms with Crippen LogP contribution in [0.2, 0.25) is 0 Å². The molecule has 0 aliphatic heterocycles. The molecule has 0 unspecified atom stereocenters. The molecule has 0 spiro atoms. The van der Waals surface area contributed by atoms with Gasteiger partial charge in [0.25, 0.3) is 0 Å². The maximum absolute atomic E-state index is 9.70. The van der Waals surface area contributed by atoms with E-state index in [1.807, 2.05) is 0 Å². The van der Waals surface area contributed by atoms with E-state index in [0.29, 0.717) is 17.8 Å². The van der Waals surface area contributed by atoms with Gasteiger partial charge in [-0.3, -0.25) is 0 Å². The number of fused-ring (bicyclic) bond motifs is 4. The fraction of sp³-hybridized carbons (Fsp3) is 0.889. The van der Waals surface area contributed by atoms with Gasteiger partial charge in [-0.1, -0.05) is 0 Å². The second kappa shape index (κ2) is 1.13. The summed E-state index contributed by atoms with van der Waals surface area (Å²) in [6.07, 6.45) is -0.0929. The second-order valence-electron chi connectivity index (χ2n) is 4.61. The van der Waals surface area contributed by atoms with Crippen molar-refractivity contribution in [2.45, 2.75) is 6.10 Å². The molecule has 0 heterocycles. The smallest absolute Gasteiger partial charge is 0.0663 e. The molecule has 0 aromatic carbocycles. The van der Waals surface area contributed by atoms with Gasteiger partial charge >= 0.3 is 0 Å². The summed E-state index contributed by atoms with van der Waals surface area (Å²) in [6, 6.07) is 2.32. The van der Waals surface area contributed by atoms with E-state index < -0.39 is 0 Å². The van der Waals surface area contributed by atoms with Crippen molar-refractivity contribution >= 4 is 0 Å². The van der Waals surface area contributed by atoms with E-state index in [4.69, 9.17) is 5.26 Å². The second-order valence-corrected chi connectivity index (χ2v) is 4.61. The Balaban J connectivity index is 1.75. The van der Waals surface area contributed by atoms with Crippen LogP contribution in [0.5, 0.6) is 0 Å². The van der Waals surface area contributed by atoms with Crippen LogP contribution in [0.15, 0.2) is 0 Å². The molecule has 0 aromatic heterocycles. The number of rotatable bonds is 0. The van der Waals surface area contributed by atoms with Gasteiger partial charge in [-0.2, -0.15) is 5.26 Å². The fourth-order valence-corrected chi connectivity index (χ4v) is 3.83.